The maximum absolute atomic E-state index is 12.3. The van der Waals surface area contributed by atoms with Crippen LogP contribution in [-0.2, 0) is 14.2 Å². The molecule has 3 amide bonds. The minimum atomic E-state index is -0.455. The molecule has 0 spiro atoms. The van der Waals surface area contributed by atoms with Crippen LogP contribution in [-0.4, -0.2) is 154 Å². The fraction of sp³-hybridized carbons (Fsp3) is 0.494. The van der Waals surface area contributed by atoms with E-state index in [9.17, 15) is 14.4 Å². The van der Waals surface area contributed by atoms with Crippen LogP contribution in [0.1, 0.15) is 126 Å². The van der Waals surface area contributed by atoms with Crippen LogP contribution in [0.3, 0.4) is 0 Å². The van der Waals surface area contributed by atoms with Gasteiger partial charge in [-0.3, -0.25) is 0 Å². The molecular formula is C77H113Cl3N8O6S2. The molecule has 14 nitrogen and oxygen atoms in total. The van der Waals surface area contributed by atoms with E-state index in [1.807, 2.05) is 169 Å². The van der Waals surface area contributed by atoms with Gasteiger partial charge in [0.25, 0.3) is 0 Å². The molecule has 2 N–H and O–H groups in total. The van der Waals surface area contributed by atoms with Gasteiger partial charge in [-0.2, -0.15) is 0 Å². The van der Waals surface area contributed by atoms with Crippen LogP contribution >= 0.6 is 58.3 Å². The van der Waals surface area contributed by atoms with Crippen molar-refractivity contribution in [3.05, 3.63) is 171 Å². The summed E-state index contributed by atoms with van der Waals surface area (Å²) in [6, 6.07) is 45.6. The zero-order valence-electron chi connectivity index (χ0n) is 61.1. The van der Waals surface area contributed by atoms with E-state index in [1.54, 1.807) is 21.9 Å². The van der Waals surface area contributed by atoms with Crippen molar-refractivity contribution in [3.63, 3.8) is 0 Å². The predicted molar refractivity (Wildman–Crippen MR) is 411 cm³/mol. The highest BCUT2D eigenvalue weighted by atomic mass is 35.5. The molecule has 4 aliphatic heterocycles. The normalized spacial score (nSPS) is 14.5. The number of halogens is 3. The van der Waals surface area contributed by atoms with Crippen molar-refractivity contribution < 1.29 is 28.6 Å². The lowest BCUT2D eigenvalue weighted by Gasteiger charge is -2.37. The van der Waals surface area contributed by atoms with Gasteiger partial charge >= 0.3 is 18.3 Å². The standard InChI is InChI=1S/C23H30N2O2S.C18H22N2S.C15H21ClN2O2.C9H18N2O2.C6H4Cl2.3C2H6/c1-17-10-11-20(18(2)16-17)28-21-9-7-6-8-19(21)24-12-14-25(15-13-24)22(26)27-23(3,4)5;1-14-7-8-17(15(2)13-14)21-18-6-4-3-5-16(18)20-11-9-19-10-12-20;1-15(2,3)20-14(19)18-10-8-17(9-11-18)13-7-5-4-6-12(13)16;1-9(2,3)13-8(12)11-6-4-10-5-7-11;7-5-3-1-2-4-6(5)8;3*1-2/h6-11,16H,12-15H2,1-5H3;3-8,13,19H,9-12H2,1-2H3;4-7H,8-11H2,1-3H3;10H,4-7H2,1-3H3;1-4H;3*1-2H3. The zero-order chi connectivity index (χ0) is 71.6. The molecule has 4 saturated heterocycles. The lowest BCUT2D eigenvalue weighted by Crippen LogP contribution is -2.50. The van der Waals surface area contributed by atoms with Gasteiger partial charge in [-0.1, -0.05) is 184 Å². The molecule has 6 aromatic carbocycles. The second-order valence-electron chi connectivity index (χ2n) is 25.4. The van der Waals surface area contributed by atoms with E-state index in [2.05, 4.69) is 138 Å². The number of piperazine rings is 4. The van der Waals surface area contributed by atoms with Crippen molar-refractivity contribution in [3.8, 4) is 0 Å². The first-order chi connectivity index (χ1) is 45.6. The highest BCUT2D eigenvalue weighted by molar-refractivity contribution is 7.99. The second-order valence-corrected chi connectivity index (χ2v) is 28.8. The minimum Gasteiger partial charge on any atom is -0.444 e. The number of hydrogen-bond donors (Lipinski definition) is 2. The van der Waals surface area contributed by atoms with Gasteiger partial charge < -0.3 is 54.2 Å². The maximum atomic E-state index is 12.3. The highest BCUT2D eigenvalue weighted by Crippen LogP contribution is 2.39. The van der Waals surface area contributed by atoms with E-state index in [-0.39, 0.29) is 23.9 Å². The van der Waals surface area contributed by atoms with Crippen LogP contribution in [0.25, 0.3) is 0 Å². The number of benzene rings is 6. The summed E-state index contributed by atoms with van der Waals surface area (Å²) in [6.45, 7) is 51.0. The smallest absolute Gasteiger partial charge is 0.410 e. The molecule has 96 heavy (non-hydrogen) atoms. The molecule has 0 radical (unpaired) electrons. The van der Waals surface area contributed by atoms with E-state index in [1.165, 1.54) is 53.2 Å². The number of anilines is 3. The van der Waals surface area contributed by atoms with Crippen LogP contribution in [0, 0.1) is 27.7 Å². The van der Waals surface area contributed by atoms with Crippen LogP contribution in [0.2, 0.25) is 15.1 Å². The van der Waals surface area contributed by atoms with Crippen LogP contribution in [0.4, 0.5) is 31.4 Å². The maximum Gasteiger partial charge on any atom is 0.410 e. The quantitative estimate of drug-likeness (QED) is 0.148. The lowest BCUT2D eigenvalue weighted by atomic mass is 10.2. The summed E-state index contributed by atoms with van der Waals surface area (Å²) < 4.78 is 16.1. The Morgan fingerprint density at radius 2 is 0.635 bits per heavy atom. The second kappa shape index (κ2) is 43.4. The Balaban J connectivity index is 0.000000319. The molecular weight excluding hydrogens is 1300 g/mol. The molecule has 0 bridgehead atoms. The first-order valence-electron chi connectivity index (χ1n) is 34.1. The Hall–Kier alpha value is -5.98. The SMILES string of the molecule is CC.CC.CC.CC(C)(C)OC(=O)N1CCN(c2ccccc2Cl)CC1.CC(C)(C)OC(=O)N1CCNCC1.Cc1ccc(Sc2ccccc2N2CCN(C(=O)OC(C)(C)C)CC2)c(C)c1.Cc1ccc(Sc2ccccc2N2CCNCC2)c(C)c1.Clc1ccccc1Cl. The van der Waals surface area contributed by atoms with Gasteiger partial charge in [0, 0.05) is 124 Å². The van der Waals surface area contributed by atoms with Crippen molar-refractivity contribution in [2.24, 2.45) is 0 Å². The van der Waals surface area contributed by atoms with E-state index < -0.39 is 11.2 Å². The van der Waals surface area contributed by atoms with Crippen LogP contribution in [0.15, 0.2) is 153 Å². The third-order valence-electron chi connectivity index (χ3n) is 14.3. The Morgan fingerprint density at radius 1 is 0.354 bits per heavy atom. The molecule has 4 heterocycles. The number of nitrogens with zero attached hydrogens (tertiary/aromatic N) is 6. The highest BCUT2D eigenvalue weighted by Gasteiger charge is 2.29. The average Bonchev–Trinajstić information content (AvgIpc) is 0.855. The Kier molecular flexibility index (Phi) is 38.1. The first-order valence-corrected chi connectivity index (χ1v) is 36.8. The van der Waals surface area contributed by atoms with Gasteiger partial charge in [0.15, 0.2) is 0 Å². The van der Waals surface area contributed by atoms with Gasteiger partial charge in [-0.25, -0.2) is 14.4 Å². The van der Waals surface area contributed by atoms with E-state index in [4.69, 9.17) is 49.0 Å². The van der Waals surface area contributed by atoms with Crippen molar-refractivity contribution in [1.29, 1.82) is 0 Å². The molecule has 4 aliphatic rings. The predicted octanol–water partition coefficient (Wildman–Crippen LogP) is 19.7. The van der Waals surface area contributed by atoms with Gasteiger partial charge in [-0.15, -0.1) is 0 Å². The minimum absolute atomic E-state index is 0.200. The number of aryl methyl sites for hydroxylation is 4. The summed E-state index contributed by atoms with van der Waals surface area (Å²) in [5.74, 6) is 0. The number of ether oxygens (including phenoxy) is 3. The lowest BCUT2D eigenvalue weighted by molar-refractivity contribution is 0.0221. The fourth-order valence-electron chi connectivity index (χ4n) is 9.81. The topological polar surface area (TPSA) is 122 Å². The zero-order valence-corrected chi connectivity index (χ0v) is 65.0. The number of hydrogen-bond acceptors (Lipinski definition) is 13. The van der Waals surface area contributed by atoms with Gasteiger partial charge in [0.2, 0.25) is 0 Å². The molecule has 6 aromatic rings. The summed E-state index contributed by atoms with van der Waals surface area (Å²) in [6.07, 6.45) is -0.657. The summed E-state index contributed by atoms with van der Waals surface area (Å²) >= 11 is 21.0. The van der Waals surface area contributed by atoms with Gasteiger partial charge in [0.05, 0.1) is 32.1 Å². The van der Waals surface area contributed by atoms with Crippen LogP contribution < -0.4 is 25.3 Å². The van der Waals surface area contributed by atoms with Crippen molar-refractivity contribution in [1.82, 2.24) is 25.3 Å². The number of carbonyl (C=O) groups excluding carboxylic acids is 3. The third kappa shape index (κ3) is 30.8. The molecule has 0 aliphatic carbocycles. The number of rotatable bonds is 7. The Labute approximate surface area is 601 Å². The summed E-state index contributed by atoms with van der Waals surface area (Å²) in [5.41, 5.74) is 7.60. The summed E-state index contributed by atoms with van der Waals surface area (Å²) in [4.78, 5) is 53.4. The molecule has 19 heteroatoms. The molecule has 0 saturated carbocycles. The van der Waals surface area contributed by atoms with Crippen LogP contribution in [0.5, 0.6) is 0 Å². The number of nitrogens with one attached hydrogen (secondary N) is 2. The first kappa shape index (κ1) is 84.2. The molecule has 0 unspecified atom stereocenters. The largest absolute Gasteiger partial charge is 0.444 e. The number of amides is 3. The van der Waals surface area contributed by atoms with E-state index in [0.29, 0.717) is 36.2 Å². The van der Waals surface area contributed by atoms with E-state index >= 15 is 0 Å². The van der Waals surface area contributed by atoms with Crippen molar-refractivity contribution >= 4 is 93.7 Å². The van der Waals surface area contributed by atoms with Gasteiger partial charge in [0.1, 0.15) is 16.8 Å². The average molecular weight is 1420 g/mol. The molecule has 4 fully saturated rings. The molecule has 10 rings (SSSR count). The number of para-hydroxylation sites is 3. The van der Waals surface area contributed by atoms with Crippen molar-refractivity contribution in [2.75, 3.05) is 119 Å². The summed E-state index contributed by atoms with van der Waals surface area (Å²) in [5, 5.41) is 8.56. The fourth-order valence-corrected chi connectivity index (χ4v) is 12.4. The monoisotopic (exact) mass is 1410 g/mol. The molecule has 0 aromatic heterocycles. The van der Waals surface area contributed by atoms with E-state index in [0.717, 1.165) is 89.2 Å². The van der Waals surface area contributed by atoms with Gasteiger partial charge in [-0.05, 0) is 162 Å². The molecule has 530 valence electrons. The molecule has 0 atom stereocenters. The van der Waals surface area contributed by atoms with Crippen molar-refractivity contribution in [2.45, 2.75) is 168 Å². The number of carbonyl (C=O) groups is 3. The Bertz CT molecular complexity index is 3220. The summed E-state index contributed by atoms with van der Waals surface area (Å²) in [7, 11) is 0. The third-order valence-corrected chi connectivity index (χ3v) is 17.8. The Morgan fingerprint density at radius 3 is 0.958 bits per heavy atom.